The zero-order valence-electron chi connectivity index (χ0n) is 9.34. The van der Waals surface area contributed by atoms with Crippen LogP contribution in [0.25, 0.3) is 0 Å². The molecule has 0 aromatic rings. The van der Waals surface area contributed by atoms with Crippen molar-refractivity contribution in [3.8, 4) is 0 Å². The number of rotatable bonds is 4. The van der Waals surface area contributed by atoms with E-state index in [1.807, 2.05) is 7.05 Å². The smallest absolute Gasteiger partial charge is 0.0350 e. The van der Waals surface area contributed by atoms with E-state index in [4.69, 9.17) is 0 Å². The second-order valence-electron chi connectivity index (χ2n) is 4.61. The first kappa shape index (κ1) is 10.4. The maximum Gasteiger partial charge on any atom is 0.0350 e. The van der Waals surface area contributed by atoms with Gasteiger partial charge in [-0.25, -0.2) is 0 Å². The van der Waals surface area contributed by atoms with Crippen molar-refractivity contribution in [1.82, 2.24) is 15.1 Å². The van der Waals surface area contributed by atoms with Gasteiger partial charge in [-0.1, -0.05) is 6.42 Å². The summed E-state index contributed by atoms with van der Waals surface area (Å²) in [5.74, 6) is 0. The van der Waals surface area contributed by atoms with Crippen molar-refractivity contribution in [2.45, 2.75) is 25.3 Å². The molecule has 2 aliphatic heterocycles. The molecular weight excluding hydrogens is 174 g/mol. The lowest BCUT2D eigenvalue weighted by Gasteiger charge is -2.46. The quantitative estimate of drug-likeness (QED) is 0.703. The molecule has 0 unspecified atom stereocenters. The Morgan fingerprint density at radius 3 is 2.50 bits per heavy atom. The van der Waals surface area contributed by atoms with Crippen molar-refractivity contribution < 1.29 is 0 Å². The van der Waals surface area contributed by atoms with Gasteiger partial charge in [-0.15, -0.1) is 0 Å². The predicted molar refractivity (Wildman–Crippen MR) is 59.6 cm³/mol. The third kappa shape index (κ3) is 2.47. The third-order valence-corrected chi connectivity index (χ3v) is 3.52. The van der Waals surface area contributed by atoms with E-state index in [9.17, 15) is 0 Å². The van der Waals surface area contributed by atoms with Crippen LogP contribution >= 0.6 is 0 Å². The SMILES string of the molecule is CNCCN1CC(N2CCCCC2)C1. The van der Waals surface area contributed by atoms with Crippen LogP contribution in [-0.4, -0.2) is 62.2 Å². The summed E-state index contributed by atoms with van der Waals surface area (Å²) < 4.78 is 0. The van der Waals surface area contributed by atoms with Crippen molar-refractivity contribution in [3.63, 3.8) is 0 Å². The van der Waals surface area contributed by atoms with E-state index in [1.54, 1.807) is 0 Å². The van der Waals surface area contributed by atoms with Crippen molar-refractivity contribution in [2.24, 2.45) is 0 Å². The van der Waals surface area contributed by atoms with Crippen LogP contribution in [0.4, 0.5) is 0 Å². The summed E-state index contributed by atoms with van der Waals surface area (Å²) in [6.07, 6.45) is 4.30. The maximum absolute atomic E-state index is 3.21. The minimum atomic E-state index is 0.882. The molecule has 1 N–H and O–H groups in total. The molecule has 2 heterocycles. The zero-order valence-corrected chi connectivity index (χ0v) is 9.34. The first-order valence-corrected chi connectivity index (χ1v) is 6.01. The standard InChI is InChI=1S/C11H23N3/c1-12-5-8-13-9-11(10-13)14-6-3-2-4-7-14/h11-12H,2-10H2,1H3. The molecule has 0 atom stereocenters. The van der Waals surface area contributed by atoms with Gasteiger partial charge in [0.05, 0.1) is 0 Å². The summed E-state index contributed by atoms with van der Waals surface area (Å²) in [5, 5.41) is 3.21. The lowest BCUT2D eigenvalue weighted by atomic mass is 10.0. The normalized spacial score (nSPS) is 26.4. The Morgan fingerprint density at radius 1 is 1.14 bits per heavy atom. The Labute approximate surface area is 87.4 Å². The summed E-state index contributed by atoms with van der Waals surface area (Å²) >= 11 is 0. The molecule has 2 fully saturated rings. The Bertz CT molecular complexity index is 160. The van der Waals surface area contributed by atoms with Gasteiger partial charge in [-0.3, -0.25) is 9.80 Å². The molecule has 3 heteroatoms. The molecule has 82 valence electrons. The molecule has 0 bridgehead atoms. The van der Waals surface area contributed by atoms with Gasteiger partial charge >= 0.3 is 0 Å². The van der Waals surface area contributed by atoms with Crippen LogP contribution in [0.5, 0.6) is 0 Å². The predicted octanol–water partition coefficient (Wildman–Crippen LogP) is 0.376. The number of hydrogen-bond acceptors (Lipinski definition) is 3. The maximum atomic E-state index is 3.21. The van der Waals surface area contributed by atoms with Gasteiger partial charge in [-0.2, -0.15) is 0 Å². The largest absolute Gasteiger partial charge is 0.318 e. The van der Waals surface area contributed by atoms with Crippen molar-refractivity contribution in [3.05, 3.63) is 0 Å². The average molecular weight is 197 g/mol. The molecule has 0 radical (unpaired) electrons. The molecule has 2 saturated heterocycles. The number of likely N-dealkylation sites (N-methyl/N-ethyl adjacent to an activating group) is 1. The van der Waals surface area contributed by atoms with Crippen molar-refractivity contribution in [2.75, 3.05) is 46.3 Å². The zero-order chi connectivity index (χ0) is 9.80. The van der Waals surface area contributed by atoms with Crippen LogP contribution in [0.15, 0.2) is 0 Å². The fourth-order valence-corrected chi connectivity index (χ4v) is 2.51. The van der Waals surface area contributed by atoms with Gasteiger partial charge in [0.1, 0.15) is 0 Å². The fourth-order valence-electron chi connectivity index (χ4n) is 2.51. The molecule has 2 rings (SSSR count). The van der Waals surface area contributed by atoms with Gasteiger partial charge in [0.15, 0.2) is 0 Å². The highest BCUT2D eigenvalue weighted by Gasteiger charge is 2.31. The number of likely N-dealkylation sites (tertiary alicyclic amines) is 2. The minimum Gasteiger partial charge on any atom is -0.318 e. The highest BCUT2D eigenvalue weighted by molar-refractivity contribution is 4.89. The Morgan fingerprint density at radius 2 is 1.86 bits per heavy atom. The number of nitrogens with zero attached hydrogens (tertiary/aromatic N) is 2. The molecular formula is C11H23N3. The van der Waals surface area contributed by atoms with E-state index >= 15 is 0 Å². The molecule has 0 spiro atoms. The first-order chi connectivity index (χ1) is 6.90. The third-order valence-electron chi connectivity index (χ3n) is 3.52. The summed E-state index contributed by atoms with van der Waals surface area (Å²) in [6.45, 7) is 7.67. The second kappa shape index (κ2) is 5.10. The highest BCUT2D eigenvalue weighted by atomic mass is 15.3. The Kier molecular flexibility index (Phi) is 3.79. The molecule has 0 amide bonds. The summed E-state index contributed by atoms with van der Waals surface area (Å²) in [4.78, 5) is 5.25. The van der Waals surface area contributed by atoms with Crippen molar-refractivity contribution >= 4 is 0 Å². The monoisotopic (exact) mass is 197 g/mol. The molecule has 3 nitrogen and oxygen atoms in total. The van der Waals surface area contributed by atoms with Crippen LogP contribution in [-0.2, 0) is 0 Å². The van der Waals surface area contributed by atoms with Gasteiger partial charge < -0.3 is 5.32 Å². The number of piperidine rings is 1. The summed E-state index contributed by atoms with van der Waals surface area (Å²) in [6, 6.07) is 0.882. The Hall–Kier alpha value is -0.120. The van der Waals surface area contributed by atoms with Crippen LogP contribution < -0.4 is 5.32 Å². The van der Waals surface area contributed by atoms with E-state index in [1.165, 1.54) is 52.0 Å². The first-order valence-electron chi connectivity index (χ1n) is 6.01. The van der Waals surface area contributed by atoms with Crippen LogP contribution in [0.3, 0.4) is 0 Å². The minimum absolute atomic E-state index is 0.882. The van der Waals surface area contributed by atoms with Gasteiger partial charge in [0.25, 0.3) is 0 Å². The second-order valence-corrected chi connectivity index (χ2v) is 4.61. The topological polar surface area (TPSA) is 18.5 Å². The molecule has 0 saturated carbocycles. The highest BCUT2D eigenvalue weighted by Crippen LogP contribution is 2.19. The molecule has 0 aromatic heterocycles. The van der Waals surface area contributed by atoms with E-state index in [0.29, 0.717) is 0 Å². The van der Waals surface area contributed by atoms with Gasteiger partial charge in [0.2, 0.25) is 0 Å². The molecule has 0 aromatic carbocycles. The van der Waals surface area contributed by atoms with Crippen LogP contribution in [0, 0.1) is 0 Å². The van der Waals surface area contributed by atoms with Crippen LogP contribution in [0.1, 0.15) is 19.3 Å². The van der Waals surface area contributed by atoms with Crippen molar-refractivity contribution in [1.29, 1.82) is 0 Å². The Balaban J connectivity index is 1.61. The fraction of sp³-hybridized carbons (Fsp3) is 1.00. The van der Waals surface area contributed by atoms with E-state index in [2.05, 4.69) is 15.1 Å². The lowest BCUT2D eigenvalue weighted by Crippen LogP contribution is -2.61. The number of hydrogen-bond donors (Lipinski definition) is 1. The van der Waals surface area contributed by atoms with E-state index in [-0.39, 0.29) is 0 Å². The average Bonchev–Trinajstić information content (AvgIpc) is 2.17. The molecule has 0 aliphatic carbocycles. The van der Waals surface area contributed by atoms with Gasteiger partial charge in [0, 0.05) is 32.2 Å². The van der Waals surface area contributed by atoms with E-state index < -0.39 is 0 Å². The van der Waals surface area contributed by atoms with Crippen LogP contribution in [0.2, 0.25) is 0 Å². The number of nitrogens with one attached hydrogen (secondary N) is 1. The lowest BCUT2D eigenvalue weighted by molar-refractivity contribution is 0.0246. The summed E-state index contributed by atoms with van der Waals surface area (Å²) in [5.41, 5.74) is 0. The molecule has 14 heavy (non-hydrogen) atoms. The van der Waals surface area contributed by atoms with Gasteiger partial charge in [-0.05, 0) is 33.0 Å². The van der Waals surface area contributed by atoms with E-state index in [0.717, 1.165) is 12.6 Å². The summed E-state index contributed by atoms with van der Waals surface area (Å²) in [7, 11) is 2.03. The molecule has 2 aliphatic rings.